The van der Waals surface area contributed by atoms with Gasteiger partial charge in [-0.3, -0.25) is 4.90 Å². The van der Waals surface area contributed by atoms with Gasteiger partial charge >= 0.3 is 0 Å². The van der Waals surface area contributed by atoms with Crippen LogP contribution in [0.2, 0.25) is 5.15 Å². The molecule has 0 unspecified atom stereocenters. The molecule has 0 N–H and O–H groups in total. The molecule has 3 aromatic carbocycles. The average molecular weight is 520 g/mol. The summed E-state index contributed by atoms with van der Waals surface area (Å²) in [7, 11) is 0. The molecule has 0 saturated heterocycles. The minimum absolute atomic E-state index is 0.242. The molecule has 37 heavy (non-hydrogen) atoms. The van der Waals surface area contributed by atoms with E-state index < -0.39 is 0 Å². The summed E-state index contributed by atoms with van der Waals surface area (Å²) in [6.07, 6.45) is 2.08. The molecule has 2 heterocycles. The summed E-state index contributed by atoms with van der Waals surface area (Å²) in [5, 5.41) is 0.501. The van der Waals surface area contributed by atoms with E-state index in [-0.39, 0.29) is 5.82 Å². The number of aromatic nitrogens is 2. The predicted octanol–water partition coefficient (Wildman–Crippen LogP) is 7.12. The van der Waals surface area contributed by atoms with Crippen LogP contribution in [0.3, 0.4) is 0 Å². The van der Waals surface area contributed by atoms with Crippen LogP contribution in [0.25, 0.3) is 11.4 Å². The highest BCUT2D eigenvalue weighted by molar-refractivity contribution is 6.30. The molecule has 0 amide bonds. The molecule has 192 valence electrons. The third-order valence-electron chi connectivity index (χ3n) is 6.47. The molecule has 0 fully saturated rings. The normalized spacial score (nSPS) is 12.8. The van der Waals surface area contributed by atoms with Crippen molar-refractivity contribution in [1.82, 2.24) is 14.5 Å². The van der Waals surface area contributed by atoms with E-state index in [0.29, 0.717) is 38.0 Å². The Morgan fingerprint density at radius 3 is 2.41 bits per heavy atom. The first-order chi connectivity index (χ1) is 18.1. The monoisotopic (exact) mass is 519 g/mol. The van der Waals surface area contributed by atoms with E-state index in [1.165, 1.54) is 6.07 Å². The molecular formula is C30H31ClFN3O2. The molecule has 0 bridgehead atoms. The molecule has 5 nitrogen and oxygen atoms in total. The number of rotatable bonds is 10. The Hall–Kier alpha value is -3.35. The zero-order valence-electron chi connectivity index (χ0n) is 21.0. The lowest BCUT2D eigenvalue weighted by molar-refractivity contribution is 0.170. The second-order valence-electron chi connectivity index (χ2n) is 9.30. The number of imidazole rings is 1. The number of unbranched alkanes of at least 4 members (excludes halogenated alkanes) is 1. The zero-order chi connectivity index (χ0) is 25.6. The highest BCUT2D eigenvalue weighted by atomic mass is 35.5. The first kappa shape index (κ1) is 25.3. The van der Waals surface area contributed by atoms with Gasteiger partial charge in [0.15, 0.2) is 16.7 Å². The van der Waals surface area contributed by atoms with E-state index in [4.69, 9.17) is 26.1 Å². The van der Waals surface area contributed by atoms with Gasteiger partial charge in [-0.05, 0) is 41.8 Å². The standard InChI is InChI=1S/C30H31ClFN3O2/c1-2-3-14-35-26(29(31)33-30(35)24-9-5-4-6-10-24)21-34(19-22-8-7-11-25(32)17-22)20-23-12-13-27-28(18-23)37-16-15-36-27/h4-13,17-18H,2-3,14-16,19-21H2,1H3. The number of benzene rings is 3. The summed E-state index contributed by atoms with van der Waals surface area (Å²) in [5.41, 5.74) is 3.98. The fraction of sp³-hybridized carbons (Fsp3) is 0.300. The molecule has 0 aliphatic carbocycles. The molecule has 7 heteroatoms. The number of hydrogen-bond acceptors (Lipinski definition) is 4. The Labute approximate surface area is 222 Å². The van der Waals surface area contributed by atoms with Crippen LogP contribution < -0.4 is 9.47 Å². The van der Waals surface area contributed by atoms with E-state index in [2.05, 4.69) is 34.6 Å². The third-order valence-corrected chi connectivity index (χ3v) is 6.77. The van der Waals surface area contributed by atoms with Crippen LogP contribution >= 0.6 is 11.6 Å². The summed E-state index contributed by atoms with van der Waals surface area (Å²) >= 11 is 6.79. The fourth-order valence-electron chi connectivity index (χ4n) is 4.69. The highest BCUT2D eigenvalue weighted by Crippen LogP contribution is 2.32. The van der Waals surface area contributed by atoms with Crippen molar-refractivity contribution < 1.29 is 13.9 Å². The van der Waals surface area contributed by atoms with E-state index in [9.17, 15) is 4.39 Å². The van der Waals surface area contributed by atoms with Gasteiger partial charge in [0.05, 0.1) is 5.69 Å². The van der Waals surface area contributed by atoms with E-state index in [1.54, 1.807) is 12.1 Å². The maximum atomic E-state index is 14.0. The van der Waals surface area contributed by atoms with Crippen molar-refractivity contribution in [2.75, 3.05) is 13.2 Å². The quantitative estimate of drug-likeness (QED) is 0.224. The van der Waals surface area contributed by atoms with Gasteiger partial charge in [-0.25, -0.2) is 9.37 Å². The molecule has 1 aliphatic heterocycles. The van der Waals surface area contributed by atoms with Crippen LogP contribution in [-0.4, -0.2) is 27.7 Å². The first-order valence-electron chi connectivity index (χ1n) is 12.8. The zero-order valence-corrected chi connectivity index (χ0v) is 21.8. The summed E-state index contributed by atoms with van der Waals surface area (Å²) < 4.78 is 27.8. The molecule has 4 aromatic rings. The molecule has 5 rings (SSSR count). The van der Waals surface area contributed by atoms with Crippen LogP contribution in [0, 0.1) is 5.82 Å². The Morgan fingerprint density at radius 2 is 1.65 bits per heavy atom. The van der Waals surface area contributed by atoms with Crippen LogP contribution in [0.4, 0.5) is 4.39 Å². The average Bonchev–Trinajstić information content (AvgIpc) is 3.22. The fourth-order valence-corrected chi connectivity index (χ4v) is 4.93. The number of fused-ring (bicyclic) bond motifs is 1. The van der Waals surface area contributed by atoms with Crippen molar-refractivity contribution in [3.8, 4) is 22.9 Å². The van der Waals surface area contributed by atoms with Gasteiger partial charge in [0.2, 0.25) is 0 Å². The van der Waals surface area contributed by atoms with E-state index in [1.807, 2.05) is 36.4 Å². The van der Waals surface area contributed by atoms with Gasteiger partial charge in [0.25, 0.3) is 0 Å². The summed E-state index contributed by atoms with van der Waals surface area (Å²) in [6.45, 7) is 5.85. The predicted molar refractivity (Wildman–Crippen MR) is 144 cm³/mol. The minimum atomic E-state index is -0.242. The van der Waals surface area contributed by atoms with E-state index in [0.717, 1.165) is 59.1 Å². The molecule has 0 atom stereocenters. The molecular weight excluding hydrogens is 489 g/mol. The molecule has 0 spiro atoms. The summed E-state index contributed by atoms with van der Waals surface area (Å²) in [4.78, 5) is 7.04. The topological polar surface area (TPSA) is 39.5 Å². The lowest BCUT2D eigenvalue weighted by atomic mass is 10.1. The Bertz CT molecular complexity index is 1340. The second-order valence-corrected chi connectivity index (χ2v) is 9.66. The van der Waals surface area contributed by atoms with Gasteiger partial charge in [-0.1, -0.05) is 73.5 Å². The second kappa shape index (κ2) is 11.8. The van der Waals surface area contributed by atoms with Crippen LogP contribution in [0.1, 0.15) is 36.6 Å². The number of ether oxygens (including phenoxy) is 2. The van der Waals surface area contributed by atoms with Gasteiger partial charge in [0.1, 0.15) is 24.9 Å². The SMILES string of the molecule is CCCCn1c(-c2ccccc2)nc(Cl)c1CN(Cc1cccc(F)c1)Cc1ccc2c(c1)OCCO2. The van der Waals surface area contributed by atoms with Crippen molar-refractivity contribution in [2.24, 2.45) is 0 Å². The van der Waals surface area contributed by atoms with Crippen LogP contribution in [0.15, 0.2) is 72.8 Å². The molecule has 0 radical (unpaired) electrons. The van der Waals surface area contributed by atoms with Gasteiger partial charge in [-0.2, -0.15) is 0 Å². The maximum absolute atomic E-state index is 14.0. The lowest BCUT2D eigenvalue weighted by Gasteiger charge is -2.25. The van der Waals surface area contributed by atoms with Crippen molar-refractivity contribution in [1.29, 1.82) is 0 Å². The summed E-state index contributed by atoms with van der Waals surface area (Å²) in [5.74, 6) is 2.15. The third kappa shape index (κ3) is 6.14. The molecule has 1 aromatic heterocycles. The first-order valence-corrected chi connectivity index (χ1v) is 13.1. The van der Waals surface area contributed by atoms with Gasteiger partial charge in [0, 0.05) is 31.7 Å². The Morgan fingerprint density at radius 1 is 0.892 bits per heavy atom. The molecule has 1 aliphatic rings. The Kier molecular flexibility index (Phi) is 8.07. The van der Waals surface area contributed by atoms with Crippen LogP contribution in [-0.2, 0) is 26.2 Å². The van der Waals surface area contributed by atoms with Crippen molar-refractivity contribution in [3.63, 3.8) is 0 Å². The number of hydrogen-bond donors (Lipinski definition) is 0. The molecule has 0 saturated carbocycles. The lowest BCUT2D eigenvalue weighted by Crippen LogP contribution is -2.25. The summed E-state index contributed by atoms with van der Waals surface area (Å²) in [6, 6.07) is 22.9. The Balaban J connectivity index is 1.48. The van der Waals surface area contributed by atoms with Gasteiger partial charge < -0.3 is 14.0 Å². The number of nitrogens with zero attached hydrogens (tertiary/aromatic N) is 3. The number of halogens is 2. The van der Waals surface area contributed by atoms with Crippen molar-refractivity contribution >= 4 is 11.6 Å². The van der Waals surface area contributed by atoms with E-state index >= 15 is 0 Å². The highest BCUT2D eigenvalue weighted by Gasteiger charge is 2.21. The van der Waals surface area contributed by atoms with Crippen LogP contribution in [0.5, 0.6) is 11.5 Å². The van der Waals surface area contributed by atoms with Crippen molar-refractivity contribution in [2.45, 2.75) is 45.9 Å². The smallest absolute Gasteiger partial charge is 0.161 e. The largest absolute Gasteiger partial charge is 0.486 e. The van der Waals surface area contributed by atoms with Crippen molar-refractivity contribution in [3.05, 3.63) is 101 Å². The van der Waals surface area contributed by atoms with Gasteiger partial charge in [-0.15, -0.1) is 0 Å². The minimum Gasteiger partial charge on any atom is -0.486 e. The maximum Gasteiger partial charge on any atom is 0.161 e.